The first-order chi connectivity index (χ1) is 12.7. The predicted molar refractivity (Wildman–Crippen MR) is 105 cm³/mol. The summed E-state index contributed by atoms with van der Waals surface area (Å²) in [6, 6.07) is 11.6. The number of aryl methyl sites for hydroxylation is 1. The van der Waals surface area contributed by atoms with Gasteiger partial charge in [-0.2, -0.15) is 0 Å². The van der Waals surface area contributed by atoms with Gasteiger partial charge in [-0.15, -0.1) is 11.3 Å². The number of piperidine rings is 1. The molecule has 0 saturated carbocycles. The largest absolute Gasteiger partial charge is 0.366 e. The summed E-state index contributed by atoms with van der Waals surface area (Å²) in [4.78, 5) is 30.9. The molecule has 5 heteroatoms. The number of hydrogen-bond acceptors (Lipinski definition) is 4. The number of anilines is 1. The SMILES string of the molecule is CCc1ccc(N2C(=O)C(c3cccs3)=C(N3CCCCC3)C2=O)cc1. The fraction of sp³-hybridized carbons (Fsp3) is 0.333. The van der Waals surface area contributed by atoms with Crippen molar-refractivity contribution in [2.45, 2.75) is 32.6 Å². The van der Waals surface area contributed by atoms with Crippen molar-refractivity contribution in [1.82, 2.24) is 4.90 Å². The van der Waals surface area contributed by atoms with E-state index in [1.165, 1.54) is 28.2 Å². The minimum atomic E-state index is -0.206. The van der Waals surface area contributed by atoms with Gasteiger partial charge >= 0.3 is 0 Å². The smallest absolute Gasteiger partial charge is 0.282 e. The van der Waals surface area contributed by atoms with Crippen molar-refractivity contribution in [3.8, 4) is 0 Å². The van der Waals surface area contributed by atoms with Gasteiger partial charge in [-0.1, -0.05) is 25.1 Å². The molecule has 3 heterocycles. The van der Waals surface area contributed by atoms with Crippen LogP contribution in [0.25, 0.3) is 5.57 Å². The fourth-order valence-corrected chi connectivity index (χ4v) is 4.45. The highest BCUT2D eigenvalue weighted by Gasteiger charge is 2.42. The van der Waals surface area contributed by atoms with Gasteiger partial charge < -0.3 is 4.90 Å². The first-order valence-electron chi connectivity index (χ1n) is 9.21. The van der Waals surface area contributed by atoms with E-state index in [2.05, 4.69) is 11.8 Å². The average Bonchev–Trinajstić information content (AvgIpc) is 3.29. The van der Waals surface area contributed by atoms with Crippen LogP contribution in [0.15, 0.2) is 47.5 Å². The highest BCUT2D eigenvalue weighted by atomic mass is 32.1. The molecule has 2 aliphatic rings. The maximum Gasteiger partial charge on any atom is 0.282 e. The van der Waals surface area contributed by atoms with Crippen molar-refractivity contribution in [2.75, 3.05) is 18.0 Å². The molecule has 0 radical (unpaired) electrons. The molecule has 1 aromatic carbocycles. The maximum atomic E-state index is 13.3. The third-order valence-corrected chi connectivity index (χ3v) is 5.99. The number of thiophene rings is 1. The number of rotatable bonds is 4. The van der Waals surface area contributed by atoms with E-state index in [9.17, 15) is 9.59 Å². The number of nitrogens with zero attached hydrogens (tertiary/aromatic N) is 2. The molecule has 0 aliphatic carbocycles. The van der Waals surface area contributed by atoms with Crippen LogP contribution in [0.1, 0.15) is 36.6 Å². The van der Waals surface area contributed by atoms with E-state index >= 15 is 0 Å². The van der Waals surface area contributed by atoms with Crippen LogP contribution >= 0.6 is 11.3 Å². The Morgan fingerprint density at radius 2 is 1.69 bits per heavy atom. The van der Waals surface area contributed by atoms with Crippen LogP contribution in [0.2, 0.25) is 0 Å². The average molecular weight is 366 g/mol. The van der Waals surface area contributed by atoms with Crippen molar-refractivity contribution < 1.29 is 9.59 Å². The summed E-state index contributed by atoms with van der Waals surface area (Å²) < 4.78 is 0. The first-order valence-corrected chi connectivity index (χ1v) is 10.1. The summed E-state index contributed by atoms with van der Waals surface area (Å²) in [5.74, 6) is -0.396. The van der Waals surface area contributed by atoms with E-state index in [1.807, 2.05) is 41.8 Å². The van der Waals surface area contributed by atoms with Crippen molar-refractivity contribution in [3.05, 3.63) is 57.9 Å². The lowest BCUT2D eigenvalue weighted by Crippen LogP contribution is -2.37. The Hall–Kier alpha value is -2.40. The van der Waals surface area contributed by atoms with E-state index in [4.69, 9.17) is 0 Å². The van der Waals surface area contributed by atoms with Gasteiger partial charge in [-0.25, -0.2) is 4.90 Å². The lowest BCUT2D eigenvalue weighted by molar-refractivity contribution is -0.120. The van der Waals surface area contributed by atoms with E-state index < -0.39 is 0 Å². The third-order valence-electron chi connectivity index (χ3n) is 5.10. The van der Waals surface area contributed by atoms with Crippen LogP contribution in [0.5, 0.6) is 0 Å². The molecule has 0 unspecified atom stereocenters. The zero-order chi connectivity index (χ0) is 18.1. The summed E-state index contributed by atoms with van der Waals surface area (Å²) in [7, 11) is 0. The molecule has 4 nitrogen and oxygen atoms in total. The highest BCUT2D eigenvalue weighted by Crippen LogP contribution is 2.37. The Bertz CT molecular complexity index is 847. The minimum absolute atomic E-state index is 0.190. The minimum Gasteiger partial charge on any atom is -0.366 e. The van der Waals surface area contributed by atoms with Gasteiger partial charge in [0.2, 0.25) is 0 Å². The van der Waals surface area contributed by atoms with Crippen molar-refractivity contribution in [1.29, 1.82) is 0 Å². The van der Waals surface area contributed by atoms with E-state index in [0.717, 1.165) is 37.2 Å². The summed E-state index contributed by atoms with van der Waals surface area (Å²) >= 11 is 1.51. The first kappa shape index (κ1) is 17.0. The van der Waals surface area contributed by atoms with Crippen molar-refractivity contribution in [3.63, 3.8) is 0 Å². The maximum absolute atomic E-state index is 13.3. The van der Waals surface area contributed by atoms with Crippen molar-refractivity contribution >= 4 is 34.4 Å². The second-order valence-electron chi connectivity index (χ2n) is 6.71. The van der Waals surface area contributed by atoms with E-state index in [1.54, 1.807) is 0 Å². The van der Waals surface area contributed by atoms with Gasteiger partial charge in [0.1, 0.15) is 5.70 Å². The van der Waals surface area contributed by atoms with Gasteiger partial charge in [-0.05, 0) is 54.8 Å². The monoisotopic (exact) mass is 366 g/mol. The fourth-order valence-electron chi connectivity index (χ4n) is 3.69. The Balaban J connectivity index is 1.76. The second kappa shape index (κ2) is 7.08. The standard InChI is InChI=1S/C21H22N2O2S/c1-2-15-8-10-16(11-9-15)23-20(24)18(17-7-6-14-26-17)19(21(23)25)22-12-4-3-5-13-22/h6-11,14H,2-5,12-13H2,1H3. The summed E-state index contributed by atoms with van der Waals surface area (Å²) in [5.41, 5.74) is 2.98. The quantitative estimate of drug-likeness (QED) is 0.766. The Labute approximate surface area is 157 Å². The van der Waals surface area contributed by atoms with Gasteiger partial charge in [0.25, 0.3) is 11.8 Å². The zero-order valence-corrected chi connectivity index (χ0v) is 15.7. The molecule has 134 valence electrons. The normalized spacial score (nSPS) is 18.2. The number of carbonyl (C=O) groups excluding carboxylic acids is 2. The highest BCUT2D eigenvalue weighted by molar-refractivity contribution is 7.11. The molecule has 1 fully saturated rings. The number of benzene rings is 1. The molecular formula is C21H22N2O2S. The third kappa shape index (κ3) is 2.86. The molecule has 2 aromatic rings. The molecule has 2 aliphatic heterocycles. The van der Waals surface area contributed by atoms with Gasteiger partial charge in [0, 0.05) is 18.0 Å². The van der Waals surface area contributed by atoms with Crippen LogP contribution in [0, 0.1) is 0 Å². The number of likely N-dealkylation sites (tertiary alicyclic amines) is 1. The number of imide groups is 1. The van der Waals surface area contributed by atoms with Crippen LogP contribution in [0.3, 0.4) is 0 Å². The van der Waals surface area contributed by atoms with E-state index in [-0.39, 0.29) is 11.8 Å². The van der Waals surface area contributed by atoms with Gasteiger partial charge in [0.15, 0.2) is 0 Å². The lowest BCUT2D eigenvalue weighted by Gasteiger charge is -2.29. The molecule has 26 heavy (non-hydrogen) atoms. The molecular weight excluding hydrogens is 344 g/mol. The Morgan fingerprint density at radius 3 is 2.31 bits per heavy atom. The van der Waals surface area contributed by atoms with E-state index in [0.29, 0.717) is 17.0 Å². The number of carbonyl (C=O) groups is 2. The molecule has 0 atom stereocenters. The molecule has 4 rings (SSSR count). The predicted octanol–water partition coefficient (Wildman–Crippen LogP) is 4.08. The number of amides is 2. The molecule has 0 bridgehead atoms. The van der Waals surface area contributed by atoms with Gasteiger partial charge in [-0.3, -0.25) is 9.59 Å². The van der Waals surface area contributed by atoms with Crippen LogP contribution in [-0.4, -0.2) is 29.8 Å². The zero-order valence-electron chi connectivity index (χ0n) is 14.9. The second-order valence-corrected chi connectivity index (χ2v) is 7.66. The van der Waals surface area contributed by atoms with Crippen molar-refractivity contribution in [2.24, 2.45) is 0 Å². The van der Waals surface area contributed by atoms with Crippen LogP contribution in [0.4, 0.5) is 5.69 Å². The molecule has 0 N–H and O–H groups in total. The Kier molecular flexibility index (Phi) is 4.64. The Morgan fingerprint density at radius 1 is 0.962 bits per heavy atom. The number of hydrogen-bond donors (Lipinski definition) is 0. The van der Waals surface area contributed by atoms with Crippen LogP contribution < -0.4 is 4.90 Å². The van der Waals surface area contributed by atoms with Gasteiger partial charge in [0.05, 0.1) is 11.3 Å². The summed E-state index contributed by atoms with van der Waals surface area (Å²) in [5, 5.41) is 1.95. The molecule has 2 amide bonds. The summed E-state index contributed by atoms with van der Waals surface area (Å²) in [6.07, 6.45) is 4.24. The lowest BCUT2D eigenvalue weighted by atomic mass is 10.1. The topological polar surface area (TPSA) is 40.6 Å². The molecule has 1 aromatic heterocycles. The molecule has 1 saturated heterocycles. The van der Waals surface area contributed by atoms with Crippen LogP contribution in [-0.2, 0) is 16.0 Å². The molecule has 0 spiro atoms. The summed E-state index contributed by atoms with van der Waals surface area (Å²) in [6.45, 7) is 3.77.